The van der Waals surface area contributed by atoms with Crippen molar-refractivity contribution in [3.63, 3.8) is 0 Å². The smallest absolute Gasteiger partial charge is 0.387 e. The maximum atomic E-state index is 12.8. The minimum absolute atomic E-state index is 0.0165. The molecule has 0 spiro atoms. The summed E-state index contributed by atoms with van der Waals surface area (Å²) in [5, 5.41) is -0.263. The van der Waals surface area contributed by atoms with Gasteiger partial charge in [0, 0.05) is 39.3 Å². The van der Waals surface area contributed by atoms with Crippen LogP contribution >= 0.6 is 11.6 Å². The van der Waals surface area contributed by atoms with Gasteiger partial charge in [-0.2, -0.15) is 13.1 Å². The lowest BCUT2D eigenvalue weighted by atomic mass is 10.3. The van der Waals surface area contributed by atoms with Crippen LogP contribution in [0.15, 0.2) is 23.1 Å². The maximum absolute atomic E-state index is 12.8. The van der Waals surface area contributed by atoms with E-state index in [0.717, 1.165) is 22.5 Å². The summed E-state index contributed by atoms with van der Waals surface area (Å²) in [6.45, 7) is -1.60. The van der Waals surface area contributed by atoms with Crippen LogP contribution in [0.3, 0.4) is 0 Å². The quantitative estimate of drug-likeness (QED) is 0.603. The van der Waals surface area contributed by atoms with Crippen LogP contribution in [-0.4, -0.2) is 93.4 Å². The molecule has 30 heavy (non-hydrogen) atoms. The normalized spacial score (nSPS) is 18.5. The number of halogens is 3. The molecule has 0 saturated carbocycles. The Hall–Kier alpha value is -2.02. The monoisotopic (exact) mass is 467 g/mol. The fourth-order valence-electron chi connectivity index (χ4n) is 3.15. The first-order valence-electron chi connectivity index (χ1n) is 9.10. The van der Waals surface area contributed by atoms with Gasteiger partial charge in [0.15, 0.2) is 0 Å². The molecule has 13 heteroatoms. The summed E-state index contributed by atoms with van der Waals surface area (Å²) in [7, 11) is -3.96. The summed E-state index contributed by atoms with van der Waals surface area (Å²) in [4.78, 5) is 27.3. The number of piperazine rings is 1. The first kappa shape index (κ1) is 22.7. The molecule has 1 aromatic rings. The highest BCUT2D eigenvalue weighted by molar-refractivity contribution is 7.89. The Morgan fingerprint density at radius 2 is 1.57 bits per heavy atom. The number of carbonyl (C=O) groups is 2. The second-order valence-electron chi connectivity index (χ2n) is 6.57. The highest BCUT2D eigenvalue weighted by Gasteiger charge is 2.34. The van der Waals surface area contributed by atoms with Gasteiger partial charge in [-0.3, -0.25) is 9.59 Å². The number of morpholine rings is 1. The Labute approximate surface area is 177 Å². The molecule has 0 bridgehead atoms. The Morgan fingerprint density at radius 1 is 1.00 bits per heavy atom. The number of hydrogen-bond donors (Lipinski definition) is 0. The molecule has 0 aromatic heterocycles. The van der Waals surface area contributed by atoms with E-state index in [2.05, 4.69) is 4.74 Å². The number of hydrogen-bond acceptors (Lipinski definition) is 6. The Balaban J connectivity index is 1.63. The summed E-state index contributed by atoms with van der Waals surface area (Å²) in [5.41, 5.74) is 0. The second-order valence-corrected chi connectivity index (χ2v) is 8.92. The predicted octanol–water partition coefficient (Wildman–Crippen LogP) is 0.633. The van der Waals surface area contributed by atoms with Crippen LogP contribution in [0.5, 0.6) is 5.75 Å². The average molecular weight is 468 g/mol. The van der Waals surface area contributed by atoms with E-state index in [0.29, 0.717) is 26.3 Å². The third kappa shape index (κ3) is 4.99. The van der Waals surface area contributed by atoms with E-state index < -0.39 is 28.4 Å². The fraction of sp³-hybridized carbons (Fsp3) is 0.529. The van der Waals surface area contributed by atoms with Gasteiger partial charge in [-0.15, -0.1) is 0 Å². The van der Waals surface area contributed by atoms with E-state index >= 15 is 0 Å². The van der Waals surface area contributed by atoms with Crippen molar-refractivity contribution in [1.29, 1.82) is 0 Å². The molecule has 1 aromatic carbocycles. The third-order valence-electron chi connectivity index (χ3n) is 4.76. The van der Waals surface area contributed by atoms with Gasteiger partial charge in [0.25, 0.3) is 0 Å². The summed E-state index contributed by atoms with van der Waals surface area (Å²) >= 11 is 5.85. The minimum atomic E-state index is -3.96. The van der Waals surface area contributed by atoms with Gasteiger partial charge in [-0.25, -0.2) is 8.42 Å². The van der Waals surface area contributed by atoms with Gasteiger partial charge in [-0.05, 0) is 18.2 Å². The standard InChI is InChI=1S/C17H20ClF2N3O6S/c18-13-11-12(1-2-14(13)29-17(19)20)30(26,27)23-5-3-21(4-6-23)15(24)16(25)22-7-9-28-10-8-22/h1-2,11,17H,3-10H2. The summed E-state index contributed by atoms with van der Waals surface area (Å²) in [6, 6.07) is 3.22. The van der Waals surface area contributed by atoms with Gasteiger partial charge in [0.1, 0.15) is 5.75 Å². The number of amides is 2. The maximum Gasteiger partial charge on any atom is 0.387 e. The molecule has 0 atom stereocenters. The average Bonchev–Trinajstić information content (AvgIpc) is 2.74. The van der Waals surface area contributed by atoms with Gasteiger partial charge >= 0.3 is 18.4 Å². The number of carbonyl (C=O) groups excluding carboxylic acids is 2. The zero-order valence-corrected chi connectivity index (χ0v) is 17.4. The Morgan fingerprint density at radius 3 is 2.10 bits per heavy atom. The summed E-state index contributed by atoms with van der Waals surface area (Å²) in [6.07, 6.45) is 0. The molecular formula is C17H20ClF2N3O6S. The first-order valence-corrected chi connectivity index (χ1v) is 10.9. The van der Waals surface area contributed by atoms with Crippen LogP contribution in [0, 0.1) is 0 Å². The number of nitrogens with zero attached hydrogens (tertiary/aromatic N) is 3. The lowest BCUT2D eigenvalue weighted by molar-refractivity contribution is -0.154. The molecule has 0 unspecified atom stereocenters. The van der Waals surface area contributed by atoms with Crippen LogP contribution < -0.4 is 4.74 Å². The van der Waals surface area contributed by atoms with E-state index in [1.165, 1.54) is 9.80 Å². The zero-order valence-electron chi connectivity index (χ0n) is 15.8. The van der Waals surface area contributed by atoms with E-state index in [-0.39, 0.29) is 41.8 Å². The van der Waals surface area contributed by atoms with E-state index in [1.807, 2.05) is 0 Å². The highest BCUT2D eigenvalue weighted by atomic mass is 35.5. The Bertz CT molecular complexity index is 903. The second kappa shape index (κ2) is 9.41. The fourth-order valence-corrected chi connectivity index (χ4v) is 4.89. The zero-order chi connectivity index (χ0) is 21.9. The molecule has 2 heterocycles. The number of alkyl halides is 2. The van der Waals surface area contributed by atoms with Gasteiger partial charge < -0.3 is 19.3 Å². The molecule has 2 amide bonds. The SMILES string of the molecule is O=C(C(=O)N1CCN(S(=O)(=O)c2ccc(OC(F)F)c(Cl)c2)CC1)N1CCOCC1. The van der Waals surface area contributed by atoms with Crippen molar-refractivity contribution in [2.75, 3.05) is 52.5 Å². The molecule has 2 saturated heterocycles. The number of benzene rings is 1. The number of ether oxygens (including phenoxy) is 2. The van der Waals surface area contributed by atoms with E-state index in [1.54, 1.807) is 0 Å². The Kier molecular flexibility index (Phi) is 7.11. The molecule has 166 valence electrons. The van der Waals surface area contributed by atoms with Crippen molar-refractivity contribution in [3.8, 4) is 5.75 Å². The van der Waals surface area contributed by atoms with Crippen LogP contribution in [0.4, 0.5) is 8.78 Å². The van der Waals surface area contributed by atoms with Crippen LogP contribution in [0.2, 0.25) is 5.02 Å². The van der Waals surface area contributed by atoms with Crippen LogP contribution in [0.25, 0.3) is 0 Å². The van der Waals surface area contributed by atoms with Crippen molar-refractivity contribution in [2.45, 2.75) is 11.5 Å². The van der Waals surface area contributed by atoms with Crippen molar-refractivity contribution >= 4 is 33.4 Å². The largest absolute Gasteiger partial charge is 0.433 e. The third-order valence-corrected chi connectivity index (χ3v) is 6.95. The molecular weight excluding hydrogens is 448 g/mol. The predicted molar refractivity (Wildman–Crippen MR) is 101 cm³/mol. The lowest BCUT2D eigenvalue weighted by Crippen LogP contribution is -2.55. The molecule has 0 radical (unpaired) electrons. The number of rotatable bonds is 4. The van der Waals surface area contributed by atoms with Crippen molar-refractivity contribution in [1.82, 2.24) is 14.1 Å². The first-order chi connectivity index (χ1) is 14.2. The minimum Gasteiger partial charge on any atom is -0.433 e. The van der Waals surface area contributed by atoms with Gasteiger partial charge in [-0.1, -0.05) is 11.6 Å². The lowest BCUT2D eigenvalue weighted by Gasteiger charge is -2.35. The molecule has 9 nitrogen and oxygen atoms in total. The van der Waals surface area contributed by atoms with Crippen LogP contribution in [0.1, 0.15) is 0 Å². The highest BCUT2D eigenvalue weighted by Crippen LogP contribution is 2.30. The number of sulfonamides is 1. The van der Waals surface area contributed by atoms with Gasteiger partial charge in [0.05, 0.1) is 23.1 Å². The molecule has 0 aliphatic carbocycles. The molecule has 3 rings (SSSR count). The van der Waals surface area contributed by atoms with E-state index in [4.69, 9.17) is 16.3 Å². The molecule has 2 aliphatic heterocycles. The topological polar surface area (TPSA) is 96.5 Å². The van der Waals surface area contributed by atoms with Gasteiger partial charge in [0.2, 0.25) is 10.0 Å². The van der Waals surface area contributed by atoms with Crippen molar-refractivity contribution < 1.29 is 36.3 Å². The summed E-state index contributed by atoms with van der Waals surface area (Å²) < 4.78 is 60.8. The van der Waals surface area contributed by atoms with Crippen LogP contribution in [-0.2, 0) is 24.3 Å². The molecule has 2 aliphatic rings. The van der Waals surface area contributed by atoms with Crippen molar-refractivity contribution in [3.05, 3.63) is 23.2 Å². The summed E-state index contributed by atoms with van der Waals surface area (Å²) in [5.74, 6) is -1.64. The molecule has 2 fully saturated rings. The van der Waals surface area contributed by atoms with E-state index in [9.17, 15) is 26.8 Å². The molecule has 0 N–H and O–H groups in total. The van der Waals surface area contributed by atoms with Crippen molar-refractivity contribution in [2.24, 2.45) is 0 Å².